The quantitative estimate of drug-likeness (QED) is 0.391. The number of methoxy groups -OCH3 is 3. The molecule has 0 spiro atoms. The molecular weight excluding hydrogens is 404 g/mol. The van der Waals surface area contributed by atoms with Crippen LogP contribution in [0.2, 0.25) is 0 Å². The first-order valence-electron chi connectivity index (χ1n) is 9.49. The molecule has 9 nitrogen and oxygen atoms in total. The summed E-state index contributed by atoms with van der Waals surface area (Å²) in [5.74, 6) is -1.40. The van der Waals surface area contributed by atoms with Gasteiger partial charge in [-0.25, -0.2) is 4.79 Å². The summed E-state index contributed by atoms with van der Waals surface area (Å²) in [5.41, 5.74) is 1.05. The van der Waals surface area contributed by atoms with Crippen LogP contribution in [-0.2, 0) is 20.9 Å². The summed E-state index contributed by atoms with van der Waals surface area (Å²) in [6.07, 6.45) is 0. The van der Waals surface area contributed by atoms with Gasteiger partial charge in [-0.15, -0.1) is 0 Å². The third-order valence-electron chi connectivity index (χ3n) is 5.55. The van der Waals surface area contributed by atoms with Crippen molar-refractivity contribution >= 4 is 23.7 Å². The van der Waals surface area contributed by atoms with Crippen LogP contribution in [0.25, 0.3) is 0 Å². The van der Waals surface area contributed by atoms with Crippen LogP contribution in [-0.4, -0.2) is 66.9 Å². The second-order valence-corrected chi connectivity index (χ2v) is 7.08. The van der Waals surface area contributed by atoms with Gasteiger partial charge >= 0.3 is 5.97 Å². The summed E-state index contributed by atoms with van der Waals surface area (Å²) in [6, 6.07) is 9.01. The summed E-state index contributed by atoms with van der Waals surface area (Å²) in [5, 5.41) is 0. The fourth-order valence-corrected chi connectivity index (χ4v) is 3.96. The van der Waals surface area contributed by atoms with Crippen LogP contribution in [0.3, 0.4) is 0 Å². The van der Waals surface area contributed by atoms with Crippen LogP contribution in [0.5, 0.6) is 11.5 Å². The topological polar surface area (TPSA) is 102 Å². The highest BCUT2D eigenvalue weighted by molar-refractivity contribution is 6.24. The van der Waals surface area contributed by atoms with Crippen molar-refractivity contribution in [1.29, 1.82) is 0 Å². The van der Waals surface area contributed by atoms with Gasteiger partial charge in [-0.3, -0.25) is 19.3 Å². The van der Waals surface area contributed by atoms with E-state index >= 15 is 0 Å². The third kappa shape index (κ3) is 3.09. The van der Waals surface area contributed by atoms with Gasteiger partial charge < -0.3 is 19.1 Å². The number of ether oxygens (including phenoxy) is 3. The number of nitrogens with zero attached hydrogens (tertiary/aromatic N) is 2. The average molecular weight is 424 g/mol. The number of rotatable bonds is 6. The lowest BCUT2D eigenvalue weighted by Gasteiger charge is -2.47. The summed E-state index contributed by atoms with van der Waals surface area (Å²) in [6.45, 7) is 0.0332. The maximum atomic E-state index is 13.1. The number of carbonyl (C=O) groups is 4. The van der Waals surface area contributed by atoms with Crippen LogP contribution in [0.1, 0.15) is 26.3 Å². The molecule has 2 aromatic carbocycles. The lowest BCUT2D eigenvalue weighted by molar-refractivity contribution is -0.172. The van der Waals surface area contributed by atoms with Crippen LogP contribution in [0.4, 0.5) is 0 Å². The van der Waals surface area contributed by atoms with Gasteiger partial charge in [0.25, 0.3) is 11.8 Å². The zero-order chi connectivity index (χ0) is 22.3. The molecule has 2 aromatic rings. The number of fused-ring (bicyclic) bond motifs is 1. The predicted molar refractivity (Wildman–Crippen MR) is 107 cm³/mol. The number of esters is 1. The van der Waals surface area contributed by atoms with Gasteiger partial charge in [-0.1, -0.05) is 12.1 Å². The zero-order valence-electron chi connectivity index (χ0n) is 17.2. The SMILES string of the molecule is COC(=O)[C@@H]1[C@H](N2C(=O)c3ccccc3C2=O)C(=O)N1Cc1ccc(OC)cc1OC. The van der Waals surface area contributed by atoms with Crippen molar-refractivity contribution in [3.63, 3.8) is 0 Å². The Labute approximate surface area is 178 Å². The molecule has 2 atom stereocenters. The van der Waals surface area contributed by atoms with Crippen LogP contribution < -0.4 is 9.47 Å². The summed E-state index contributed by atoms with van der Waals surface area (Å²) < 4.78 is 15.4. The lowest BCUT2D eigenvalue weighted by Crippen LogP contribution is -2.73. The van der Waals surface area contributed by atoms with E-state index in [0.29, 0.717) is 17.1 Å². The summed E-state index contributed by atoms with van der Waals surface area (Å²) in [4.78, 5) is 53.4. The Morgan fingerprint density at radius 1 is 0.935 bits per heavy atom. The molecule has 0 saturated carbocycles. The van der Waals surface area contributed by atoms with E-state index in [4.69, 9.17) is 14.2 Å². The van der Waals surface area contributed by atoms with E-state index in [1.54, 1.807) is 30.3 Å². The smallest absolute Gasteiger partial charge is 0.331 e. The number of hydrogen-bond donors (Lipinski definition) is 0. The molecule has 0 bridgehead atoms. The van der Waals surface area contributed by atoms with Crippen LogP contribution in [0.15, 0.2) is 42.5 Å². The highest BCUT2D eigenvalue weighted by Crippen LogP contribution is 2.36. The van der Waals surface area contributed by atoms with Gasteiger partial charge in [0.05, 0.1) is 39.0 Å². The van der Waals surface area contributed by atoms with Crippen molar-refractivity contribution in [2.45, 2.75) is 18.6 Å². The van der Waals surface area contributed by atoms with Crippen LogP contribution in [0, 0.1) is 0 Å². The molecule has 2 aliphatic heterocycles. The van der Waals surface area contributed by atoms with E-state index in [-0.39, 0.29) is 17.7 Å². The number of benzene rings is 2. The molecule has 31 heavy (non-hydrogen) atoms. The van der Waals surface area contributed by atoms with Gasteiger partial charge in [0.15, 0.2) is 12.1 Å². The molecule has 0 aliphatic carbocycles. The first-order chi connectivity index (χ1) is 14.9. The Morgan fingerprint density at radius 3 is 2.13 bits per heavy atom. The molecule has 4 rings (SSSR count). The molecule has 3 amide bonds. The molecular formula is C22H20N2O7. The number of carbonyl (C=O) groups excluding carboxylic acids is 4. The first kappa shape index (κ1) is 20.4. The van der Waals surface area contributed by atoms with Crippen molar-refractivity contribution in [1.82, 2.24) is 9.80 Å². The van der Waals surface area contributed by atoms with E-state index in [1.807, 2.05) is 0 Å². The maximum absolute atomic E-state index is 13.1. The molecule has 0 radical (unpaired) electrons. The van der Waals surface area contributed by atoms with Gasteiger partial charge in [0, 0.05) is 11.6 Å². The largest absolute Gasteiger partial charge is 0.497 e. The molecule has 1 fully saturated rings. The third-order valence-corrected chi connectivity index (χ3v) is 5.55. The van der Waals surface area contributed by atoms with Gasteiger partial charge in [-0.05, 0) is 24.3 Å². The fourth-order valence-electron chi connectivity index (χ4n) is 3.96. The lowest BCUT2D eigenvalue weighted by atomic mass is 9.92. The highest BCUT2D eigenvalue weighted by atomic mass is 16.5. The predicted octanol–water partition coefficient (Wildman–Crippen LogP) is 1.25. The Hall–Kier alpha value is -3.88. The highest BCUT2D eigenvalue weighted by Gasteiger charge is 2.59. The van der Waals surface area contributed by atoms with Gasteiger partial charge in [-0.2, -0.15) is 0 Å². The van der Waals surface area contributed by atoms with Crippen LogP contribution >= 0.6 is 0 Å². The minimum atomic E-state index is -1.26. The molecule has 1 saturated heterocycles. The Balaban J connectivity index is 1.64. The maximum Gasteiger partial charge on any atom is 0.331 e. The van der Waals surface area contributed by atoms with E-state index in [1.165, 1.54) is 38.4 Å². The van der Waals surface area contributed by atoms with E-state index in [2.05, 4.69) is 0 Å². The monoisotopic (exact) mass is 424 g/mol. The molecule has 2 aliphatic rings. The van der Waals surface area contributed by atoms with Crippen molar-refractivity contribution in [3.8, 4) is 11.5 Å². The number of amides is 3. The fraction of sp³-hybridized carbons (Fsp3) is 0.273. The van der Waals surface area contributed by atoms with Crippen molar-refractivity contribution in [2.24, 2.45) is 0 Å². The van der Waals surface area contributed by atoms with Crippen molar-refractivity contribution in [2.75, 3.05) is 21.3 Å². The van der Waals surface area contributed by atoms with Gasteiger partial charge in [0.2, 0.25) is 5.91 Å². The Bertz CT molecular complexity index is 1060. The first-order valence-corrected chi connectivity index (χ1v) is 9.49. The second-order valence-electron chi connectivity index (χ2n) is 7.08. The normalized spacial score (nSPS) is 19.8. The average Bonchev–Trinajstić information content (AvgIpc) is 3.05. The van der Waals surface area contributed by atoms with Gasteiger partial charge in [0.1, 0.15) is 11.5 Å². The number of imide groups is 1. The number of likely N-dealkylation sites (tertiary alicyclic amines) is 1. The van der Waals surface area contributed by atoms with E-state index in [9.17, 15) is 19.2 Å². The van der Waals surface area contributed by atoms with E-state index in [0.717, 1.165) is 4.90 Å². The zero-order valence-corrected chi connectivity index (χ0v) is 17.2. The molecule has 9 heteroatoms. The summed E-state index contributed by atoms with van der Waals surface area (Å²) in [7, 11) is 4.19. The van der Waals surface area contributed by atoms with E-state index < -0.39 is 35.8 Å². The molecule has 160 valence electrons. The standard InChI is InChI=1S/C22H20N2O7/c1-29-13-9-8-12(16(10-13)30-2)11-23-18(22(28)31-3)17(21(23)27)24-19(25)14-6-4-5-7-15(14)20(24)26/h4-10,17-18H,11H2,1-3H3/t17-,18-/m0/s1. The second kappa shape index (κ2) is 7.75. The molecule has 2 heterocycles. The molecule has 0 unspecified atom stereocenters. The Morgan fingerprint density at radius 2 is 1.58 bits per heavy atom. The molecule has 0 aromatic heterocycles. The Kier molecular flexibility index (Phi) is 5.10. The number of hydrogen-bond acceptors (Lipinski definition) is 7. The van der Waals surface area contributed by atoms with Crippen molar-refractivity contribution < 1.29 is 33.4 Å². The number of β-lactam (4-membered cyclic amide) rings is 1. The molecule has 0 N–H and O–H groups in total. The minimum Gasteiger partial charge on any atom is -0.497 e. The summed E-state index contributed by atoms with van der Waals surface area (Å²) >= 11 is 0. The minimum absolute atomic E-state index is 0.0332. The van der Waals surface area contributed by atoms with Crippen molar-refractivity contribution in [3.05, 3.63) is 59.2 Å².